The van der Waals surface area contributed by atoms with Crippen molar-refractivity contribution in [2.45, 2.75) is 26.3 Å². The van der Waals surface area contributed by atoms with Crippen molar-refractivity contribution in [1.82, 2.24) is 24.5 Å². The van der Waals surface area contributed by atoms with Crippen molar-refractivity contribution >= 4 is 5.97 Å². The van der Waals surface area contributed by atoms with Crippen LogP contribution in [0.25, 0.3) is 11.4 Å². The topological polar surface area (TPSA) is 85.8 Å². The summed E-state index contributed by atoms with van der Waals surface area (Å²) in [6.45, 7) is 5.81. The second kappa shape index (κ2) is 3.94. The van der Waals surface area contributed by atoms with Crippen molar-refractivity contribution in [2.24, 2.45) is 7.05 Å². The van der Waals surface area contributed by atoms with Gasteiger partial charge >= 0.3 is 5.97 Å². The maximum absolute atomic E-state index is 11.2. The van der Waals surface area contributed by atoms with Gasteiger partial charge in [-0.2, -0.15) is 0 Å². The summed E-state index contributed by atoms with van der Waals surface area (Å²) in [5.74, 6) is -1.10. The number of aryl methyl sites for hydroxylation is 1. The molecule has 0 saturated heterocycles. The Morgan fingerprint density at radius 3 is 2.50 bits per heavy atom. The fraction of sp³-hybridized carbons (Fsp3) is 0.455. The number of hydrogen-bond acceptors (Lipinski definition) is 4. The fourth-order valence-corrected chi connectivity index (χ4v) is 1.71. The largest absolute Gasteiger partial charge is 0.476 e. The van der Waals surface area contributed by atoms with Crippen LogP contribution in [0.2, 0.25) is 0 Å². The van der Waals surface area contributed by atoms with E-state index < -0.39 is 5.97 Å². The molecular weight excluding hydrogens is 234 g/mol. The number of carboxylic acid groups (broad SMARTS) is 1. The Hall–Kier alpha value is -2.18. The zero-order valence-corrected chi connectivity index (χ0v) is 10.7. The van der Waals surface area contributed by atoms with Crippen LogP contribution >= 0.6 is 0 Å². The van der Waals surface area contributed by atoms with Crippen LogP contribution in [0.15, 0.2) is 12.5 Å². The molecule has 0 aliphatic carbocycles. The number of hydrogen-bond donors (Lipinski definition) is 1. The van der Waals surface area contributed by atoms with Crippen molar-refractivity contribution in [2.75, 3.05) is 0 Å². The molecule has 0 radical (unpaired) electrons. The van der Waals surface area contributed by atoms with E-state index in [1.165, 1.54) is 0 Å². The summed E-state index contributed by atoms with van der Waals surface area (Å²) in [5.41, 5.74) is 0.719. The molecule has 0 saturated carbocycles. The number of carboxylic acids is 1. The summed E-state index contributed by atoms with van der Waals surface area (Å²) in [7, 11) is 1.80. The highest BCUT2D eigenvalue weighted by molar-refractivity contribution is 5.92. The monoisotopic (exact) mass is 249 g/mol. The molecule has 0 spiro atoms. The third kappa shape index (κ3) is 1.87. The van der Waals surface area contributed by atoms with E-state index in [0.29, 0.717) is 11.4 Å². The molecule has 96 valence electrons. The summed E-state index contributed by atoms with van der Waals surface area (Å²) in [4.78, 5) is 15.2. The average molecular weight is 249 g/mol. The maximum atomic E-state index is 11.2. The molecule has 1 N–H and O–H groups in total. The minimum Gasteiger partial charge on any atom is -0.476 e. The predicted octanol–water partition coefficient (Wildman–Crippen LogP) is 1.13. The van der Waals surface area contributed by atoms with Crippen LogP contribution < -0.4 is 0 Å². The first-order chi connectivity index (χ1) is 8.32. The van der Waals surface area contributed by atoms with E-state index in [1.807, 2.05) is 20.8 Å². The molecule has 0 bridgehead atoms. The zero-order valence-electron chi connectivity index (χ0n) is 10.7. The first-order valence-corrected chi connectivity index (χ1v) is 5.48. The van der Waals surface area contributed by atoms with Gasteiger partial charge in [0.2, 0.25) is 0 Å². The number of aromatic nitrogens is 5. The van der Waals surface area contributed by atoms with Gasteiger partial charge in [-0.25, -0.2) is 14.5 Å². The van der Waals surface area contributed by atoms with E-state index in [2.05, 4.69) is 15.3 Å². The molecule has 2 heterocycles. The third-order valence-electron chi connectivity index (χ3n) is 2.57. The van der Waals surface area contributed by atoms with E-state index >= 15 is 0 Å². The minimum atomic E-state index is -1.10. The fourth-order valence-electron chi connectivity index (χ4n) is 1.71. The van der Waals surface area contributed by atoms with E-state index in [4.69, 9.17) is 0 Å². The van der Waals surface area contributed by atoms with Crippen LogP contribution in [0.5, 0.6) is 0 Å². The highest BCUT2D eigenvalue weighted by Gasteiger charge is 2.28. The first kappa shape index (κ1) is 12.3. The van der Waals surface area contributed by atoms with Crippen LogP contribution in [0, 0.1) is 0 Å². The standard InChI is InChI=1S/C11H15N5O2/c1-11(2,3)16-9(7-5-12-6-15(7)4)8(10(17)18)13-14-16/h5-6H,1-4H3,(H,17,18). The molecule has 2 rings (SSSR count). The molecule has 7 nitrogen and oxygen atoms in total. The van der Waals surface area contributed by atoms with E-state index in [0.717, 1.165) is 0 Å². The van der Waals surface area contributed by atoms with Gasteiger partial charge in [-0.1, -0.05) is 5.21 Å². The molecule has 2 aromatic rings. The van der Waals surface area contributed by atoms with Gasteiger partial charge in [-0.3, -0.25) is 0 Å². The van der Waals surface area contributed by atoms with Gasteiger partial charge in [0.05, 0.1) is 23.8 Å². The lowest BCUT2D eigenvalue weighted by atomic mass is 10.1. The van der Waals surface area contributed by atoms with Gasteiger partial charge in [-0.15, -0.1) is 5.10 Å². The number of nitrogens with zero attached hydrogens (tertiary/aromatic N) is 5. The summed E-state index contributed by atoms with van der Waals surface area (Å²) in [6.07, 6.45) is 3.22. The van der Waals surface area contributed by atoms with Crippen LogP contribution in [0.1, 0.15) is 31.3 Å². The summed E-state index contributed by atoms with van der Waals surface area (Å²) >= 11 is 0. The van der Waals surface area contributed by atoms with Gasteiger partial charge in [0.1, 0.15) is 5.69 Å². The second-order valence-corrected chi connectivity index (χ2v) is 5.06. The Morgan fingerprint density at radius 1 is 1.39 bits per heavy atom. The van der Waals surface area contributed by atoms with Crippen molar-refractivity contribution in [3.63, 3.8) is 0 Å². The van der Waals surface area contributed by atoms with Crippen molar-refractivity contribution in [3.8, 4) is 11.4 Å². The quantitative estimate of drug-likeness (QED) is 0.862. The summed E-state index contributed by atoms with van der Waals surface area (Å²) in [6, 6.07) is 0. The molecular formula is C11H15N5O2. The molecule has 0 amide bonds. The Balaban J connectivity index is 2.73. The molecule has 7 heteroatoms. The van der Waals surface area contributed by atoms with Gasteiger partial charge in [0.15, 0.2) is 5.69 Å². The SMILES string of the molecule is Cn1cncc1-c1c(C(=O)O)nnn1C(C)(C)C. The van der Waals surface area contributed by atoms with Crippen LogP contribution in [0.4, 0.5) is 0 Å². The highest BCUT2D eigenvalue weighted by Crippen LogP contribution is 2.26. The first-order valence-electron chi connectivity index (χ1n) is 5.48. The van der Waals surface area contributed by atoms with Crippen molar-refractivity contribution in [1.29, 1.82) is 0 Å². The number of imidazole rings is 1. The average Bonchev–Trinajstić information content (AvgIpc) is 2.80. The number of rotatable bonds is 2. The predicted molar refractivity (Wildman–Crippen MR) is 64.2 cm³/mol. The molecule has 0 unspecified atom stereocenters. The smallest absolute Gasteiger partial charge is 0.358 e. The lowest BCUT2D eigenvalue weighted by Gasteiger charge is -2.21. The van der Waals surface area contributed by atoms with Crippen LogP contribution in [-0.4, -0.2) is 35.6 Å². The van der Waals surface area contributed by atoms with E-state index in [9.17, 15) is 9.90 Å². The van der Waals surface area contributed by atoms with Crippen molar-refractivity contribution < 1.29 is 9.90 Å². The lowest BCUT2D eigenvalue weighted by Crippen LogP contribution is -2.25. The van der Waals surface area contributed by atoms with Gasteiger partial charge < -0.3 is 9.67 Å². The second-order valence-electron chi connectivity index (χ2n) is 5.06. The summed E-state index contributed by atoms with van der Waals surface area (Å²) in [5, 5.41) is 16.9. The molecule has 0 aromatic carbocycles. The van der Waals surface area contributed by atoms with Gasteiger partial charge in [-0.05, 0) is 20.8 Å². The molecule has 0 aliphatic rings. The third-order valence-corrected chi connectivity index (χ3v) is 2.57. The maximum Gasteiger partial charge on any atom is 0.358 e. The van der Waals surface area contributed by atoms with E-state index in [-0.39, 0.29) is 11.2 Å². The van der Waals surface area contributed by atoms with Gasteiger partial charge in [0.25, 0.3) is 0 Å². The Bertz CT molecular complexity index is 591. The molecule has 0 atom stereocenters. The molecule has 0 aliphatic heterocycles. The lowest BCUT2D eigenvalue weighted by molar-refractivity contribution is 0.0691. The minimum absolute atomic E-state index is 0.0616. The number of carbonyl (C=O) groups is 1. The molecule has 2 aromatic heterocycles. The molecule has 18 heavy (non-hydrogen) atoms. The summed E-state index contributed by atoms with van der Waals surface area (Å²) < 4.78 is 3.35. The number of aromatic carboxylic acids is 1. The van der Waals surface area contributed by atoms with Crippen LogP contribution in [-0.2, 0) is 12.6 Å². The highest BCUT2D eigenvalue weighted by atomic mass is 16.4. The Kier molecular flexibility index (Phi) is 2.68. The zero-order chi connectivity index (χ0) is 13.5. The van der Waals surface area contributed by atoms with E-state index in [1.54, 1.807) is 28.8 Å². The van der Waals surface area contributed by atoms with Gasteiger partial charge in [0, 0.05) is 7.05 Å². The normalized spacial score (nSPS) is 11.8. The molecule has 0 fully saturated rings. The van der Waals surface area contributed by atoms with Crippen LogP contribution in [0.3, 0.4) is 0 Å². The Labute approximate surface area is 104 Å². The Morgan fingerprint density at radius 2 is 2.06 bits per heavy atom. The van der Waals surface area contributed by atoms with Crippen molar-refractivity contribution in [3.05, 3.63) is 18.2 Å².